The summed E-state index contributed by atoms with van der Waals surface area (Å²) in [6.45, 7) is 6.55. The van der Waals surface area contributed by atoms with Gasteiger partial charge in [-0.3, -0.25) is 16.2 Å². The average Bonchev–Trinajstić information content (AvgIpc) is 3.24. The van der Waals surface area contributed by atoms with E-state index in [1.807, 2.05) is 0 Å². The van der Waals surface area contributed by atoms with E-state index in [2.05, 4.69) is 15.2 Å². The third-order valence-corrected chi connectivity index (χ3v) is 5.07. The standard InChI is InChI=1S/C14H28N4/c15-16-13-3-5-14(6-4-13)18-9-7-17(8-10-18)11-12-1-2-12/h12-14,16H,1-11,15H2/t13-,14+. The van der Waals surface area contributed by atoms with Gasteiger partial charge in [-0.25, -0.2) is 0 Å². The van der Waals surface area contributed by atoms with Gasteiger partial charge in [0, 0.05) is 44.8 Å². The molecule has 3 rings (SSSR count). The molecule has 0 bridgehead atoms. The Balaban J connectivity index is 1.39. The second kappa shape index (κ2) is 5.87. The molecule has 0 amide bonds. The van der Waals surface area contributed by atoms with Crippen molar-refractivity contribution < 1.29 is 0 Å². The van der Waals surface area contributed by atoms with Crippen LogP contribution >= 0.6 is 0 Å². The van der Waals surface area contributed by atoms with Gasteiger partial charge < -0.3 is 4.90 Å². The summed E-state index contributed by atoms with van der Waals surface area (Å²) in [6, 6.07) is 1.40. The zero-order chi connectivity index (χ0) is 12.4. The van der Waals surface area contributed by atoms with Crippen molar-refractivity contribution in [3.05, 3.63) is 0 Å². The Kier molecular flexibility index (Phi) is 4.19. The number of nitrogens with one attached hydrogen (secondary N) is 1. The summed E-state index contributed by atoms with van der Waals surface area (Å²) in [5.41, 5.74) is 2.94. The van der Waals surface area contributed by atoms with Gasteiger partial charge in [0.05, 0.1) is 0 Å². The highest BCUT2D eigenvalue weighted by Crippen LogP contribution is 2.30. The molecule has 0 radical (unpaired) electrons. The molecule has 104 valence electrons. The van der Waals surface area contributed by atoms with Gasteiger partial charge in [0.1, 0.15) is 0 Å². The number of rotatable bonds is 4. The van der Waals surface area contributed by atoms with Crippen molar-refractivity contribution in [3.63, 3.8) is 0 Å². The molecule has 0 unspecified atom stereocenters. The second-order valence-electron chi connectivity index (χ2n) is 6.45. The third-order valence-electron chi connectivity index (χ3n) is 5.07. The van der Waals surface area contributed by atoms with E-state index in [4.69, 9.17) is 5.84 Å². The predicted octanol–water partition coefficient (Wildman–Crippen LogP) is 0.788. The Bertz CT molecular complexity index is 251. The van der Waals surface area contributed by atoms with Gasteiger partial charge in [-0.2, -0.15) is 0 Å². The van der Waals surface area contributed by atoms with Crippen LogP contribution in [0, 0.1) is 5.92 Å². The summed E-state index contributed by atoms with van der Waals surface area (Å²) in [4.78, 5) is 5.41. The molecule has 0 atom stereocenters. The van der Waals surface area contributed by atoms with Gasteiger partial charge in [0.2, 0.25) is 0 Å². The smallest absolute Gasteiger partial charge is 0.0211 e. The molecule has 0 aromatic rings. The molecule has 1 saturated heterocycles. The SMILES string of the molecule is NN[C@H]1CC[C@@H](N2CCN(CC3CC3)CC2)CC1. The number of nitrogens with two attached hydrogens (primary N) is 1. The molecule has 4 heteroatoms. The number of hydrogen-bond acceptors (Lipinski definition) is 4. The first-order valence-electron chi connectivity index (χ1n) is 7.77. The lowest BCUT2D eigenvalue weighted by Crippen LogP contribution is -2.52. The highest BCUT2D eigenvalue weighted by atomic mass is 15.3. The van der Waals surface area contributed by atoms with Crippen molar-refractivity contribution in [2.45, 2.75) is 50.6 Å². The lowest BCUT2D eigenvalue weighted by Gasteiger charge is -2.42. The zero-order valence-electron chi connectivity index (χ0n) is 11.5. The van der Waals surface area contributed by atoms with Crippen LogP contribution in [0.2, 0.25) is 0 Å². The lowest BCUT2D eigenvalue weighted by atomic mass is 9.90. The maximum atomic E-state index is 5.53. The first-order chi connectivity index (χ1) is 8.85. The van der Waals surface area contributed by atoms with Crippen LogP contribution in [0.5, 0.6) is 0 Å². The zero-order valence-corrected chi connectivity index (χ0v) is 11.5. The number of nitrogens with zero attached hydrogens (tertiary/aromatic N) is 2. The van der Waals surface area contributed by atoms with Crippen LogP contribution in [0.25, 0.3) is 0 Å². The summed E-state index contributed by atoms with van der Waals surface area (Å²) in [5.74, 6) is 6.57. The van der Waals surface area contributed by atoms with E-state index in [0.29, 0.717) is 6.04 Å². The van der Waals surface area contributed by atoms with Gasteiger partial charge >= 0.3 is 0 Å². The van der Waals surface area contributed by atoms with Gasteiger partial charge in [-0.05, 0) is 44.4 Å². The van der Waals surface area contributed by atoms with Crippen LogP contribution in [0.1, 0.15) is 38.5 Å². The van der Waals surface area contributed by atoms with E-state index in [0.717, 1.165) is 12.0 Å². The van der Waals surface area contributed by atoms with Crippen molar-refractivity contribution in [1.82, 2.24) is 15.2 Å². The average molecular weight is 252 g/mol. The van der Waals surface area contributed by atoms with E-state index < -0.39 is 0 Å². The van der Waals surface area contributed by atoms with E-state index in [-0.39, 0.29) is 0 Å². The van der Waals surface area contributed by atoms with E-state index in [1.54, 1.807) is 0 Å². The summed E-state index contributed by atoms with van der Waals surface area (Å²) in [5, 5.41) is 0. The molecule has 3 fully saturated rings. The van der Waals surface area contributed by atoms with Crippen LogP contribution in [0.4, 0.5) is 0 Å². The largest absolute Gasteiger partial charge is 0.301 e. The highest BCUT2D eigenvalue weighted by molar-refractivity contribution is 4.86. The first-order valence-corrected chi connectivity index (χ1v) is 7.77. The molecule has 4 nitrogen and oxygen atoms in total. The Labute approximate surface area is 111 Å². The maximum Gasteiger partial charge on any atom is 0.0211 e. The molecule has 1 aliphatic heterocycles. The van der Waals surface area contributed by atoms with Crippen LogP contribution < -0.4 is 11.3 Å². The quantitative estimate of drug-likeness (QED) is 0.573. The Hall–Kier alpha value is -0.160. The molecule has 1 heterocycles. The van der Waals surface area contributed by atoms with Crippen molar-refractivity contribution in [3.8, 4) is 0 Å². The fourth-order valence-corrected chi connectivity index (χ4v) is 3.58. The summed E-state index contributed by atoms with van der Waals surface area (Å²) in [6.07, 6.45) is 8.13. The topological polar surface area (TPSA) is 44.5 Å². The monoisotopic (exact) mass is 252 g/mol. The second-order valence-corrected chi connectivity index (χ2v) is 6.45. The van der Waals surface area contributed by atoms with E-state index >= 15 is 0 Å². The van der Waals surface area contributed by atoms with Crippen LogP contribution in [-0.4, -0.2) is 54.6 Å². The fourth-order valence-electron chi connectivity index (χ4n) is 3.58. The van der Waals surface area contributed by atoms with Crippen molar-refractivity contribution in [1.29, 1.82) is 0 Å². The maximum absolute atomic E-state index is 5.53. The molecule has 0 aromatic heterocycles. The van der Waals surface area contributed by atoms with Crippen molar-refractivity contribution in [2.75, 3.05) is 32.7 Å². The molecule has 2 saturated carbocycles. The minimum Gasteiger partial charge on any atom is -0.301 e. The summed E-state index contributed by atoms with van der Waals surface area (Å²) in [7, 11) is 0. The Morgan fingerprint density at radius 2 is 1.56 bits per heavy atom. The number of hydrogen-bond donors (Lipinski definition) is 2. The molecule has 0 spiro atoms. The molecule has 3 aliphatic rings. The van der Waals surface area contributed by atoms with Gasteiger partial charge in [-0.15, -0.1) is 0 Å². The van der Waals surface area contributed by atoms with Gasteiger partial charge in [0.15, 0.2) is 0 Å². The fraction of sp³-hybridized carbons (Fsp3) is 1.00. The summed E-state index contributed by atoms with van der Waals surface area (Å²) < 4.78 is 0. The van der Waals surface area contributed by atoms with Crippen LogP contribution in [-0.2, 0) is 0 Å². The highest BCUT2D eigenvalue weighted by Gasteiger charge is 2.30. The Morgan fingerprint density at radius 1 is 0.889 bits per heavy atom. The third kappa shape index (κ3) is 3.23. The summed E-state index contributed by atoms with van der Waals surface area (Å²) >= 11 is 0. The predicted molar refractivity (Wildman–Crippen MR) is 74.1 cm³/mol. The minimum atomic E-state index is 0.567. The van der Waals surface area contributed by atoms with E-state index in [9.17, 15) is 0 Å². The van der Waals surface area contributed by atoms with Crippen molar-refractivity contribution in [2.24, 2.45) is 11.8 Å². The lowest BCUT2D eigenvalue weighted by molar-refractivity contribution is 0.0720. The molecule has 18 heavy (non-hydrogen) atoms. The Morgan fingerprint density at radius 3 is 2.11 bits per heavy atom. The minimum absolute atomic E-state index is 0.567. The first kappa shape index (κ1) is 12.9. The van der Waals surface area contributed by atoms with Crippen LogP contribution in [0.15, 0.2) is 0 Å². The van der Waals surface area contributed by atoms with Gasteiger partial charge in [0.25, 0.3) is 0 Å². The number of hydrazine groups is 1. The number of piperazine rings is 1. The van der Waals surface area contributed by atoms with Gasteiger partial charge in [-0.1, -0.05) is 0 Å². The van der Waals surface area contributed by atoms with E-state index in [1.165, 1.54) is 71.2 Å². The normalized spacial score (nSPS) is 35.8. The molecular weight excluding hydrogens is 224 g/mol. The van der Waals surface area contributed by atoms with Crippen molar-refractivity contribution >= 4 is 0 Å². The van der Waals surface area contributed by atoms with Crippen LogP contribution in [0.3, 0.4) is 0 Å². The molecule has 0 aromatic carbocycles. The molecular formula is C14H28N4. The molecule has 2 aliphatic carbocycles. The molecule has 3 N–H and O–H groups in total.